The van der Waals surface area contributed by atoms with Gasteiger partial charge in [-0.1, -0.05) is 30.3 Å². The molecule has 2 atom stereocenters. The predicted molar refractivity (Wildman–Crippen MR) is 67.2 cm³/mol. The molecule has 1 aliphatic heterocycles. The van der Waals surface area contributed by atoms with Gasteiger partial charge in [0.15, 0.2) is 0 Å². The van der Waals surface area contributed by atoms with Gasteiger partial charge in [-0.05, 0) is 25.3 Å². The highest BCUT2D eigenvalue weighted by Crippen LogP contribution is 2.24. The van der Waals surface area contributed by atoms with Crippen LogP contribution in [0.5, 0.6) is 0 Å². The SMILES string of the molecule is CC(C(=O)N1CCC[C@@H]1C(=O)O)c1ccccc1. The minimum Gasteiger partial charge on any atom is -0.480 e. The van der Waals surface area contributed by atoms with Crippen LogP contribution in [-0.4, -0.2) is 34.5 Å². The van der Waals surface area contributed by atoms with E-state index in [2.05, 4.69) is 0 Å². The van der Waals surface area contributed by atoms with Crippen LogP contribution >= 0.6 is 0 Å². The van der Waals surface area contributed by atoms with Crippen LogP contribution in [0.3, 0.4) is 0 Å². The second-order valence-electron chi connectivity index (χ2n) is 4.66. The number of hydrogen-bond donors (Lipinski definition) is 1. The molecule has 0 radical (unpaired) electrons. The number of carboxylic acids is 1. The summed E-state index contributed by atoms with van der Waals surface area (Å²) in [7, 11) is 0. The van der Waals surface area contributed by atoms with Crippen molar-refractivity contribution in [2.75, 3.05) is 6.54 Å². The summed E-state index contributed by atoms with van der Waals surface area (Å²) in [6, 6.07) is 8.82. The van der Waals surface area contributed by atoms with E-state index in [4.69, 9.17) is 5.11 Å². The van der Waals surface area contributed by atoms with E-state index in [1.807, 2.05) is 37.3 Å². The molecule has 1 aromatic carbocycles. The standard InChI is InChI=1S/C14H17NO3/c1-10(11-6-3-2-4-7-11)13(16)15-9-5-8-12(15)14(17)18/h2-4,6-7,10,12H,5,8-9H2,1H3,(H,17,18)/t10?,12-/m1/s1. The van der Waals surface area contributed by atoms with Crippen molar-refractivity contribution in [1.29, 1.82) is 0 Å². The molecule has 0 aromatic heterocycles. The molecule has 0 bridgehead atoms. The fraction of sp³-hybridized carbons (Fsp3) is 0.429. The first kappa shape index (κ1) is 12.6. The molecule has 4 nitrogen and oxygen atoms in total. The van der Waals surface area contributed by atoms with Crippen LogP contribution in [-0.2, 0) is 9.59 Å². The quantitative estimate of drug-likeness (QED) is 0.887. The maximum atomic E-state index is 12.3. The molecule has 0 saturated carbocycles. The van der Waals surface area contributed by atoms with Gasteiger partial charge >= 0.3 is 5.97 Å². The monoisotopic (exact) mass is 247 g/mol. The normalized spacial score (nSPS) is 20.7. The first-order valence-electron chi connectivity index (χ1n) is 6.19. The molecule has 1 N–H and O–H groups in total. The van der Waals surface area contributed by atoms with E-state index in [0.29, 0.717) is 13.0 Å². The van der Waals surface area contributed by atoms with Crippen LogP contribution < -0.4 is 0 Å². The van der Waals surface area contributed by atoms with Crippen molar-refractivity contribution >= 4 is 11.9 Å². The summed E-state index contributed by atoms with van der Waals surface area (Å²) in [5, 5.41) is 9.09. The minimum atomic E-state index is -0.902. The molecule has 1 saturated heterocycles. The summed E-state index contributed by atoms with van der Waals surface area (Å²) in [5.41, 5.74) is 0.929. The highest BCUT2D eigenvalue weighted by Gasteiger charge is 2.35. The summed E-state index contributed by atoms with van der Waals surface area (Å²) in [6.45, 7) is 2.38. The highest BCUT2D eigenvalue weighted by molar-refractivity contribution is 5.88. The Kier molecular flexibility index (Phi) is 3.65. The Morgan fingerprint density at radius 1 is 1.33 bits per heavy atom. The summed E-state index contributed by atoms with van der Waals surface area (Å²) in [4.78, 5) is 24.9. The van der Waals surface area contributed by atoms with Crippen LogP contribution in [0, 0.1) is 0 Å². The summed E-state index contributed by atoms with van der Waals surface area (Å²) in [5.74, 6) is -1.28. The average molecular weight is 247 g/mol. The second kappa shape index (κ2) is 5.21. The van der Waals surface area contributed by atoms with Crippen molar-refractivity contribution in [2.24, 2.45) is 0 Å². The Morgan fingerprint density at radius 3 is 2.61 bits per heavy atom. The third-order valence-electron chi connectivity index (χ3n) is 3.49. The third-order valence-corrected chi connectivity index (χ3v) is 3.49. The van der Waals surface area contributed by atoms with E-state index in [1.165, 1.54) is 4.90 Å². The van der Waals surface area contributed by atoms with Gasteiger partial charge in [0.25, 0.3) is 0 Å². The zero-order valence-electron chi connectivity index (χ0n) is 10.4. The zero-order valence-corrected chi connectivity index (χ0v) is 10.4. The lowest BCUT2D eigenvalue weighted by Crippen LogP contribution is -2.42. The number of aliphatic carboxylic acids is 1. The van der Waals surface area contributed by atoms with Crippen molar-refractivity contribution in [3.8, 4) is 0 Å². The molecule has 96 valence electrons. The maximum Gasteiger partial charge on any atom is 0.326 e. The Bertz CT molecular complexity index is 444. The van der Waals surface area contributed by atoms with E-state index in [9.17, 15) is 9.59 Å². The molecule has 1 unspecified atom stereocenters. The highest BCUT2D eigenvalue weighted by atomic mass is 16.4. The number of likely N-dealkylation sites (tertiary alicyclic amines) is 1. The second-order valence-corrected chi connectivity index (χ2v) is 4.66. The van der Waals surface area contributed by atoms with Crippen LogP contribution in [0.4, 0.5) is 0 Å². The van der Waals surface area contributed by atoms with Crippen molar-refractivity contribution in [3.05, 3.63) is 35.9 Å². The largest absolute Gasteiger partial charge is 0.480 e. The van der Waals surface area contributed by atoms with E-state index in [1.54, 1.807) is 0 Å². The lowest BCUT2D eigenvalue weighted by atomic mass is 9.99. The zero-order chi connectivity index (χ0) is 13.1. The number of carboxylic acid groups (broad SMARTS) is 1. The number of rotatable bonds is 3. The molecule has 2 rings (SSSR count). The van der Waals surface area contributed by atoms with Gasteiger partial charge < -0.3 is 10.0 Å². The summed E-state index contributed by atoms with van der Waals surface area (Å²) >= 11 is 0. The minimum absolute atomic E-state index is 0.0916. The van der Waals surface area contributed by atoms with Crippen LogP contribution in [0.15, 0.2) is 30.3 Å². The van der Waals surface area contributed by atoms with Gasteiger partial charge in [-0.15, -0.1) is 0 Å². The summed E-state index contributed by atoms with van der Waals surface area (Å²) < 4.78 is 0. The number of carbonyl (C=O) groups excluding carboxylic acids is 1. The van der Waals surface area contributed by atoms with Gasteiger partial charge in [0.05, 0.1) is 5.92 Å². The van der Waals surface area contributed by atoms with Gasteiger partial charge in [-0.2, -0.15) is 0 Å². The Hall–Kier alpha value is -1.84. The predicted octanol–water partition coefficient (Wildman–Crippen LogP) is 1.87. The van der Waals surface area contributed by atoms with Gasteiger partial charge in [0, 0.05) is 6.54 Å². The molecule has 4 heteroatoms. The first-order valence-corrected chi connectivity index (χ1v) is 6.19. The van der Waals surface area contributed by atoms with Gasteiger partial charge in [0.2, 0.25) is 5.91 Å². The van der Waals surface area contributed by atoms with Gasteiger partial charge in [-0.25, -0.2) is 4.79 Å². The smallest absolute Gasteiger partial charge is 0.326 e. The number of carbonyl (C=O) groups is 2. The topological polar surface area (TPSA) is 57.6 Å². The lowest BCUT2D eigenvalue weighted by molar-refractivity contribution is -0.148. The molecule has 0 aliphatic carbocycles. The fourth-order valence-corrected chi connectivity index (χ4v) is 2.42. The number of hydrogen-bond acceptors (Lipinski definition) is 2. The molecule has 0 spiro atoms. The molecule has 1 aliphatic rings. The van der Waals surface area contributed by atoms with E-state index >= 15 is 0 Å². The van der Waals surface area contributed by atoms with Gasteiger partial charge in [0.1, 0.15) is 6.04 Å². The van der Waals surface area contributed by atoms with Crippen molar-refractivity contribution in [1.82, 2.24) is 4.90 Å². The van der Waals surface area contributed by atoms with E-state index in [-0.39, 0.29) is 11.8 Å². The Labute approximate surface area is 106 Å². The number of nitrogens with zero attached hydrogens (tertiary/aromatic N) is 1. The third kappa shape index (κ3) is 2.37. The van der Waals surface area contributed by atoms with Crippen LogP contribution in [0.25, 0.3) is 0 Å². The molecule has 1 amide bonds. The van der Waals surface area contributed by atoms with Crippen molar-refractivity contribution < 1.29 is 14.7 Å². The van der Waals surface area contributed by atoms with Crippen LogP contribution in [0.1, 0.15) is 31.2 Å². The molecular weight excluding hydrogens is 230 g/mol. The Morgan fingerprint density at radius 2 is 2.00 bits per heavy atom. The number of amides is 1. The molecule has 1 fully saturated rings. The average Bonchev–Trinajstić information content (AvgIpc) is 2.87. The molecule has 1 heterocycles. The molecular formula is C14H17NO3. The van der Waals surface area contributed by atoms with E-state index < -0.39 is 12.0 Å². The Balaban J connectivity index is 2.14. The summed E-state index contributed by atoms with van der Waals surface area (Å²) in [6.07, 6.45) is 1.33. The fourth-order valence-electron chi connectivity index (χ4n) is 2.42. The van der Waals surface area contributed by atoms with Crippen molar-refractivity contribution in [2.45, 2.75) is 31.7 Å². The lowest BCUT2D eigenvalue weighted by Gasteiger charge is -2.25. The molecule has 18 heavy (non-hydrogen) atoms. The maximum absolute atomic E-state index is 12.3. The molecule has 1 aromatic rings. The first-order chi connectivity index (χ1) is 8.61. The van der Waals surface area contributed by atoms with E-state index in [0.717, 1.165) is 12.0 Å². The van der Waals surface area contributed by atoms with Crippen LogP contribution in [0.2, 0.25) is 0 Å². The number of benzene rings is 1. The van der Waals surface area contributed by atoms with Crippen molar-refractivity contribution in [3.63, 3.8) is 0 Å². The van der Waals surface area contributed by atoms with Gasteiger partial charge in [-0.3, -0.25) is 4.79 Å².